The zero-order valence-electron chi connectivity index (χ0n) is 8.98. The third-order valence-electron chi connectivity index (χ3n) is 1.99. The molecule has 0 fully saturated rings. The van der Waals surface area contributed by atoms with E-state index in [2.05, 4.69) is 39.8 Å². The minimum Gasteiger partial charge on any atom is -0.0844 e. The molecular formula is C12H22. The summed E-state index contributed by atoms with van der Waals surface area (Å²) in [7, 11) is 0. The van der Waals surface area contributed by atoms with Crippen molar-refractivity contribution in [3.8, 4) is 0 Å². The molecular weight excluding hydrogens is 144 g/mol. The van der Waals surface area contributed by atoms with Gasteiger partial charge in [0.1, 0.15) is 0 Å². The van der Waals surface area contributed by atoms with E-state index in [1.54, 1.807) is 0 Å². The van der Waals surface area contributed by atoms with Crippen LogP contribution in [0.3, 0.4) is 0 Å². The largest absolute Gasteiger partial charge is 0.0844 e. The van der Waals surface area contributed by atoms with Gasteiger partial charge in [-0.2, -0.15) is 0 Å². The van der Waals surface area contributed by atoms with Gasteiger partial charge in [-0.1, -0.05) is 50.0 Å². The second-order valence-corrected chi connectivity index (χ2v) is 3.35. The van der Waals surface area contributed by atoms with Crippen LogP contribution in [0.1, 0.15) is 53.4 Å². The van der Waals surface area contributed by atoms with Crippen molar-refractivity contribution in [2.24, 2.45) is 0 Å². The summed E-state index contributed by atoms with van der Waals surface area (Å²) in [6, 6.07) is 0. The summed E-state index contributed by atoms with van der Waals surface area (Å²) in [4.78, 5) is 0. The van der Waals surface area contributed by atoms with E-state index in [9.17, 15) is 0 Å². The average Bonchev–Trinajstić information content (AvgIpc) is 2.04. The minimum atomic E-state index is 1.22. The van der Waals surface area contributed by atoms with Crippen molar-refractivity contribution in [1.29, 1.82) is 0 Å². The molecule has 0 unspecified atom stereocenters. The Hall–Kier alpha value is -0.520. The summed E-state index contributed by atoms with van der Waals surface area (Å²) < 4.78 is 0. The quantitative estimate of drug-likeness (QED) is 0.528. The maximum atomic E-state index is 2.34. The van der Waals surface area contributed by atoms with Crippen LogP contribution in [0.5, 0.6) is 0 Å². The van der Waals surface area contributed by atoms with Crippen LogP contribution in [-0.4, -0.2) is 0 Å². The van der Waals surface area contributed by atoms with Gasteiger partial charge in [0.2, 0.25) is 0 Å². The SMILES string of the molecule is CC=C(C=C(C)CCC)CCC. The highest BCUT2D eigenvalue weighted by Crippen LogP contribution is 2.12. The Labute approximate surface area is 77.4 Å². The van der Waals surface area contributed by atoms with Crippen LogP contribution in [0.25, 0.3) is 0 Å². The highest BCUT2D eigenvalue weighted by Gasteiger charge is 1.91. The molecule has 0 aliphatic rings. The van der Waals surface area contributed by atoms with Gasteiger partial charge in [-0.3, -0.25) is 0 Å². The molecule has 0 aliphatic carbocycles. The molecule has 0 N–H and O–H groups in total. The number of hydrogen-bond donors (Lipinski definition) is 0. The molecule has 0 saturated heterocycles. The number of hydrogen-bond acceptors (Lipinski definition) is 0. The lowest BCUT2D eigenvalue weighted by atomic mass is 10.1. The van der Waals surface area contributed by atoms with Crippen molar-refractivity contribution in [1.82, 2.24) is 0 Å². The molecule has 12 heavy (non-hydrogen) atoms. The molecule has 0 heterocycles. The molecule has 0 spiro atoms. The molecule has 0 rings (SSSR count). The van der Waals surface area contributed by atoms with Gasteiger partial charge in [0.05, 0.1) is 0 Å². The third kappa shape index (κ3) is 5.17. The van der Waals surface area contributed by atoms with Gasteiger partial charge in [-0.15, -0.1) is 0 Å². The molecule has 0 aromatic carbocycles. The molecule has 70 valence electrons. The lowest BCUT2D eigenvalue weighted by molar-refractivity contribution is 0.887. The highest BCUT2D eigenvalue weighted by molar-refractivity contribution is 5.21. The monoisotopic (exact) mass is 166 g/mol. The molecule has 0 saturated carbocycles. The maximum absolute atomic E-state index is 2.34. The van der Waals surface area contributed by atoms with Crippen LogP contribution >= 0.6 is 0 Å². The topological polar surface area (TPSA) is 0 Å². The van der Waals surface area contributed by atoms with Crippen molar-refractivity contribution in [3.63, 3.8) is 0 Å². The molecule has 0 aliphatic heterocycles. The fraction of sp³-hybridized carbons (Fsp3) is 0.667. The third-order valence-corrected chi connectivity index (χ3v) is 1.99. The van der Waals surface area contributed by atoms with E-state index in [0.29, 0.717) is 0 Å². The molecule has 0 heteroatoms. The predicted molar refractivity (Wildman–Crippen MR) is 57.3 cm³/mol. The van der Waals surface area contributed by atoms with Crippen molar-refractivity contribution >= 4 is 0 Å². The van der Waals surface area contributed by atoms with Gasteiger partial charge in [-0.05, 0) is 26.7 Å². The summed E-state index contributed by atoms with van der Waals surface area (Å²) in [5, 5.41) is 0. The Morgan fingerprint density at radius 3 is 2.08 bits per heavy atom. The van der Waals surface area contributed by atoms with Crippen LogP contribution in [0.2, 0.25) is 0 Å². The van der Waals surface area contributed by atoms with E-state index in [-0.39, 0.29) is 0 Å². The first kappa shape index (κ1) is 11.5. The van der Waals surface area contributed by atoms with Crippen molar-refractivity contribution in [2.45, 2.75) is 53.4 Å². The molecule has 0 amide bonds. The van der Waals surface area contributed by atoms with E-state index in [1.807, 2.05) is 0 Å². The Bertz CT molecular complexity index is 161. The fourth-order valence-corrected chi connectivity index (χ4v) is 1.37. The van der Waals surface area contributed by atoms with E-state index in [0.717, 1.165) is 0 Å². The van der Waals surface area contributed by atoms with Gasteiger partial charge in [0.25, 0.3) is 0 Å². The molecule has 0 nitrogen and oxygen atoms in total. The van der Waals surface area contributed by atoms with E-state index >= 15 is 0 Å². The summed E-state index contributed by atoms with van der Waals surface area (Å²) in [5.41, 5.74) is 3.00. The van der Waals surface area contributed by atoms with Crippen molar-refractivity contribution in [3.05, 3.63) is 23.3 Å². The zero-order chi connectivity index (χ0) is 9.40. The van der Waals surface area contributed by atoms with Crippen LogP contribution in [0, 0.1) is 0 Å². The smallest absolute Gasteiger partial charge is 0.0285 e. The van der Waals surface area contributed by atoms with Gasteiger partial charge in [0, 0.05) is 0 Å². The number of rotatable bonds is 5. The van der Waals surface area contributed by atoms with Gasteiger partial charge >= 0.3 is 0 Å². The molecule has 0 aromatic rings. The lowest BCUT2D eigenvalue weighted by Gasteiger charge is -2.01. The summed E-state index contributed by atoms with van der Waals surface area (Å²) in [6.45, 7) is 8.81. The summed E-state index contributed by atoms with van der Waals surface area (Å²) in [5.74, 6) is 0. The second kappa shape index (κ2) is 7.15. The fourth-order valence-electron chi connectivity index (χ4n) is 1.37. The van der Waals surface area contributed by atoms with Crippen LogP contribution in [0.4, 0.5) is 0 Å². The first-order chi connectivity index (χ1) is 5.74. The van der Waals surface area contributed by atoms with Crippen LogP contribution in [0.15, 0.2) is 23.3 Å². The molecule has 0 atom stereocenters. The van der Waals surface area contributed by atoms with Crippen LogP contribution < -0.4 is 0 Å². The predicted octanol–water partition coefficient (Wildman–Crippen LogP) is 4.48. The normalized spacial score (nSPS) is 13.7. The molecule has 0 bridgehead atoms. The summed E-state index contributed by atoms with van der Waals surface area (Å²) in [6.07, 6.45) is 9.52. The molecule has 0 aromatic heterocycles. The second-order valence-electron chi connectivity index (χ2n) is 3.35. The number of allylic oxidation sites excluding steroid dienone is 4. The zero-order valence-corrected chi connectivity index (χ0v) is 8.98. The van der Waals surface area contributed by atoms with E-state index in [4.69, 9.17) is 0 Å². The van der Waals surface area contributed by atoms with Crippen LogP contribution in [-0.2, 0) is 0 Å². The van der Waals surface area contributed by atoms with Crippen molar-refractivity contribution < 1.29 is 0 Å². The lowest BCUT2D eigenvalue weighted by Crippen LogP contribution is -1.81. The van der Waals surface area contributed by atoms with Crippen molar-refractivity contribution in [2.75, 3.05) is 0 Å². The maximum Gasteiger partial charge on any atom is -0.0285 e. The highest BCUT2D eigenvalue weighted by atomic mass is 14.0. The van der Waals surface area contributed by atoms with E-state index in [1.165, 1.54) is 36.8 Å². The van der Waals surface area contributed by atoms with Gasteiger partial charge < -0.3 is 0 Å². The van der Waals surface area contributed by atoms with E-state index < -0.39 is 0 Å². The minimum absolute atomic E-state index is 1.22. The Balaban J connectivity index is 4.07. The average molecular weight is 166 g/mol. The first-order valence-corrected chi connectivity index (χ1v) is 5.06. The standard InChI is InChI=1S/C12H22/c1-5-8-11(4)10-12(7-3)9-6-2/h7,10H,5-6,8-9H2,1-4H3. The Morgan fingerprint density at radius 2 is 1.67 bits per heavy atom. The Kier molecular flexibility index (Phi) is 6.84. The first-order valence-electron chi connectivity index (χ1n) is 5.06. The molecule has 0 radical (unpaired) electrons. The van der Waals surface area contributed by atoms with Gasteiger partial charge in [-0.25, -0.2) is 0 Å². The summed E-state index contributed by atoms with van der Waals surface area (Å²) >= 11 is 0. The Morgan fingerprint density at radius 1 is 1.08 bits per heavy atom. The van der Waals surface area contributed by atoms with Gasteiger partial charge in [0.15, 0.2) is 0 Å².